The van der Waals surface area contributed by atoms with E-state index in [4.69, 9.17) is 4.98 Å². The molecule has 1 N–H and O–H groups in total. The van der Waals surface area contributed by atoms with Crippen LogP contribution >= 0.6 is 0 Å². The number of rotatable bonds is 6. The van der Waals surface area contributed by atoms with Crippen molar-refractivity contribution < 1.29 is 9.18 Å². The number of fused-ring (bicyclic) bond motifs is 1. The number of aryl methyl sites for hydroxylation is 1. The normalized spacial score (nSPS) is 16.6. The van der Waals surface area contributed by atoms with Crippen molar-refractivity contribution in [1.29, 1.82) is 0 Å². The number of piperidine rings is 1. The van der Waals surface area contributed by atoms with Crippen LogP contribution in [0.5, 0.6) is 0 Å². The zero-order chi connectivity index (χ0) is 21.1. The van der Waals surface area contributed by atoms with E-state index in [9.17, 15) is 9.18 Å². The molecule has 0 aliphatic carbocycles. The van der Waals surface area contributed by atoms with E-state index in [1.165, 1.54) is 18.5 Å². The minimum absolute atomic E-state index is 0.128. The maximum absolute atomic E-state index is 14.6. The highest BCUT2D eigenvalue weighted by Gasteiger charge is 2.39. The number of benzene rings is 2. The standard InChI is InChI=1S/C24H29FN4O/c1-3-14-29-22-11-7-6-10-21(22)26-23(29)17-28-15-12-24(13-16-28,27-18(2)30)19-8-4-5-9-20(19)25/h4-11H,3,12-17H2,1-2H3,(H,27,30). The molecule has 1 aliphatic heterocycles. The van der Waals surface area contributed by atoms with E-state index >= 15 is 0 Å². The Hall–Kier alpha value is -2.73. The molecule has 2 heterocycles. The Balaban J connectivity index is 1.55. The summed E-state index contributed by atoms with van der Waals surface area (Å²) in [6, 6.07) is 15.0. The van der Waals surface area contributed by atoms with Crippen molar-refractivity contribution >= 4 is 16.9 Å². The van der Waals surface area contributed by atoms with Gasteiger partial charge >= 0.3 is 0 Å². The maximum Gasteiger partial charge on any atom is 0.217 e. The molecule has 1 saturated heterocycles. The first-order chi connectivity index (χ1) is 14.5. The highest BCUT2D eigenvalue weighted by molar-refractivity contribution is 5.76. The minimum Gasteiger partial charge on any atom is -0.347 e. The molecule has 4 rings (SSSR count). The lowest BCUT2D eigenvalue weighted by atomic mass is 9.80. The van der Waals surface area contributed by atoms with Crippen LogP contribution in [-0.2, 0) is 23.4 Å². The van der Waals surface area contributed by atoms with Gasteiger partial charge in [0.15, 0.2) is 0 Å². The minimum atomic E-state index is -0.656. The van der Waals surface area contributed by atoms with Crippen molar-refractivity contribution in [2.24, 2.45) is 0 Å². The second-order valence-corrected chi connectivity index (χ2v) is 8.19. The smallest absolute Gasteiger partial charge is 0.217 e. The van der Waals surface area contributed by atoms with Gasteiger partial charge in [-0.1, -0.05) is 37.3 Å². The molecule has 0 bridgehead atoms. The van der Waals surface area contributed by atoms with Crippen LogP contribution in [0.2, 0.25) is 0 Å². The van der Waals surface area contributed by atoms with Crippen LogP contribution in [0.25, 0.3) is 11.0 Å². The molecule has 3 aromatic rings. The Morgan fingerprint density at radius 3 is 2.53 bits per heavy atom. The van der Waals surface area contributed by atoms with Gasteiger partial charge in [-0.15, -0.1) is 0 Å². The predicted molar refractivity (Wildman–Crippen MR) is 116 cm³/mol. The zero-order valence-corrected chi connectivity index (χ0v) is 17.7. The summed E-state index contributed by atoms with van der Waals surface area (Å²) in [5.74, 6) is 0.678. The van der Waals surface area contributed by atoms with Crippen LogP contribution in [0.4, 0.5) is 4.39 Å². The van der Waals surface area contributed by atoms with Crippen molar-refractivity contribution in [3.8, 4) is 0 Å². The Labute approximate surface area is 176 Å². The van der Waals surface area contributed by atoms with Crippen molar-refractivity contribution in [3.63, 3.8) is 0 Å². The Morgan fingerprint density at radius 2 is 1.83 bits per heavy atom. The van der Waals surface area contributed by atoms with Gasteiger partial charge in [0, 0.05) is 32.1 Å². The first kappa shape index (κ1) is 20.5. The van der Waals surface area contributed by atoms with E-state index in [0.29, 0.717) is 18.4 Å². The van der Waals surface area contributed by atoms with Crippen molar-refractivity contribution in [3.05, 3.63) is 65.7 Å². The molecule has 0 unspecified atom stereocenters. The number of aromatic nitrogens is 2. The summed E-state index contributed by atoms with van der Waals surface area (Å²) in [5.41, 5.74) is 2.12. The van der Waals surface area contributed by atoms with Gasteiger partial charge in [0.25, 0.3) is 0 Å². The summed E-state index contributed by atoms with van der Waals surface area (Å²) in [7, 11) is 0. The number of carbonyl (C=O) groups excluding carboxylic acids is 1. The van der Waals surface area contributed by atoms with E-state index < -0.39 is 5.54 Å². The third-order valence-electron chi connectivity index (χ3n) is 6.06. The Bertz CT molecular complexity index is 1040. The lowest BCUT2D eigenvalue weighted by Gasteiger charge is -2.42. The van der Waals surface area contributed by atoms with Gasteiger partial charge in [-0.2, -0.15) is 0 Å². The largest absolute Gasteiger partial charge is 0.347 e. The fourth-order valence-corrected chi connectivity index (χ4v) is 4.66. The van der Waals surface area contributed by atoms with E-state index in [2.05, 4.69) is 39.9 Å². The molecule has 30 heavy (non-hydrogen) atoms. The molecule has 2 aromatic carbocycles. The quantitative estimate of drug-likeness (QED) is 0.665. The molecule has 0 saturated carbocycles. The lowest BCUT2D eigenvalue weighted by Crippen LogP contribution is -2.53. The maximum atomic E-state index is 14.6. The molecular formula is C24H29FN4O. The predicted octanol–water partition coefficient (Wildman–Crippen LogP) is 4.21. The number of likely N-dealkylation sites (tertiary alicyclic amines) is 1. The van der Waals surface area contributed by atoms with Gasteiger partial charge < -0.3 is 9.88 Å². The van der Waals surface area contributed by atoms with Crippen molar-refractivity contribution in [2.45, 2.75) is 51.7 Å². The van der Waals surface area contributed by atoms with Crippen LogP contribution in [0, 0.1) is 5.82 Å². The number of hydrogen-bond donors (Lipinski definition) is 1. The summed E-state index contributed by atoms with van der Waals surface area (Å²) < 4.78 is 16.9. The number of imidazole rings is 1. The summed E-state index contributed by atoms with van der Waals surface area (Å²) in [5, 5.41) is 3.06. The van der Waals surface area contributed by atoms with Gasteiger partial charge in [-0.05, 0) is 37.5 Å². The molecule has 0 atom stereocenters. The van der Waals surface area contributed by atoms with E-state index in [1.54, 1.807) is 12.1 Å². The fourth-order valence-electron chi connectivity index (χ4n) is 4.66. The van der Waals surface area contributed by atoms with Crippen LogP contribution in [-0.4, -0.2) is 33.4 Å². The number of hydrogen-bond acceptors (Lipinski definition) is 3. The third-order valence-corrected chi connectivity index (χ3v) is 6.06. The highest BCUT2D eigenvalue weighted by atomic mass is 19.1. The summed E-state index contributed by atoms with van der Waals surface area (Å²) in [6.45, 7) is 6.91. The van der Waals surface area contributed by atoms with E-state index in [-0.39, 0.29) is 11.7 Å². The molecule has 0 spiro atoms. The highest BCUT2D eigenvalue weighted by Crippen LogP contribution is 2.35. The summed E-state index contributed by atoms with van der Waals surface area (Å²) in [4.78, 5) is 19.2. The van der Waals surface area contributed by atoms with Gasteiger partial charge in [0.05, 0.1) is 23.1 Å². The first-order valence-electron chi connectivity index (χ1n) is 10.7. The van der Waals surface area contributed by atoms with Gasteiger partial charge in [-0.3, -0.25) is 9.69 Å². The third kappa shape index (κ3) is 3.97. The van der Waals surface area contributed by atoms with Gasteiger partial charge in [0.2, 0.25) is 5.91 Å². The molecule has 1 amide bonds. The fraction of sp³-hybridized carbons (Fsp3) is 0.417. The molecule has 1 aromatic heterocycles. The van der Waals surface area contributed by atoms with Crippen molar-refractivity contribution in [2.75, 3.05) is 13.1 Å². The van der Waals surface area contributed by atoms with E-state index in [1.807, 2.05) is 12.1 Å². The number of para-hydroxylation sites is 2. The van der Waals surface area contributed by atoms with Crippen LogP contribution < -0.4 is 5.32 Å². The molecule has 5 nitrogen and oxygen atoms in total. The van der Waals surface area contributed by atoms with Crippen LogP contribution in [0.3, 0.4) is 0 Å². The van der Waals surface area contributed by atoms with E-state index in [0.717, 1.165) is 43.9 Å². The second-order valence-electron chi connectivity index (χ2n) is 8.19. The van der Waals surface area contributed by atoms with Crippen molar-refractivity contribution in [1.82, 2.24) is 19.8 Å². The zero-order valence-electron chi connectivity index (χ0n) is 17.7. The average molecular weight is 409 g/mol. The van der Waals surface area contributed by atoms with Crippen LogP contribution in [0.15, 0.2) is 48.5 Å². The molecule has 1 aliphatic rings. The summed E-state index contributed by atoms with van der Waals surface area (Å²) in [6.07, 6.45) is 2.38. The molecule has 1 fully saturated rings. The number of nitrogens with one attached hydrogen (secondary N) is 1. The lowest BCUT2D eigenvalue weighted by molar-refractivity contribution is -0.121. The molecular weight excluding hydrogens is 379 g/mol. The molecule has 0 radical (unpaired) electrons. The van der Waals surface area contributed by atoms with Gasteiger partial charge in [0.1, 0.15) is 11.6 Å². The molecule has 6 heteroatoms. The summed E-state index contributed by atoms with van der Waals surface area (Å²) >= 11 is 0. The Morgan fingerprint density at radius 1 is 1.13 bits per heavy atom. The number of halogens is 1. The van der Waals surface area contributed by atoms with Crippen LogP contribution in [0.1, 0.15) is 44.5 Å². The molecule has 158 valence electrons. The monoisotopic (exact) mass is 408 g/mol. The second kappa shape index (κ2) is 8.56. The Kier molecular flexibility index (Phi) is 5.86. The first-order valence-corrected chi connectivity index (χ1v) is 10.7. The average Bonchev–Trinajstić information content (AvgIpc) is 3.07. The number of carbonyl (C=O) groups is 1. The SMILES string of the molecule is CCCn1c(CN2CCC(NC(C)=O)(c3ccccc3F)CC2)nc2ccccc21. The van der Waals surface area contributed by atoms with Gasteiger partial charge in [-0.25, -0.2) is 9.37 Å². The number of nitrogens with zero attached hydrogens (tertiary/aromatic N) is 3. The number of amides is 1. The topological polar surface area (TPSA) is 50.2 Å².